The highest BCUT2D eigenvalue weighted by Gasteiger charge is 2.15. The number of fused-ring (bicyclic) bond motifs is 1. The first-order valence-electron chi connectivity index (χ1n) is 4.99. The number of hydrogen-bond acceptors (Lipinski definition) is 3. The summed E-state index contributed by atoms with van der Waals surface area (Å²) in [6.07, 6.45) is 3.80. The quantitative estimate of drug-likeness (QED) is 0.712. The lowest BCUT2D eigenvalue weighted by Crippen LogP contribution is -2.32. The number of H-pyrrole nitrogens is 1. The van der Waals surface area contributed by atoms with E-state index in [0.29, 0.717) is 6.42 Å². The predicted octanol–water partition coefficient (Wildman–Crippen LogP) is 0.826. The Labute approximate surface area is 92.3 Å². The number of aromatic amines is 1. The van der Waals surface area contributed by atoms with Crippen LogP contribution in [0.25, 0.3) is 11.0 Å². The van der Waals surface area contributed by atoms with Crippen LogP contribution in [0.5, 0.6) is 0 Å². The Morgan fingerprint density at radius 1 is 1.69 bits per heavy atom. The second kappa shape index (κ2) is 3.94. The molecule has 0 spiro atoms. The fraction of sp³-hybridized carbons (Fsp3) is 0.273. The third-order valence-corrected chi connectivity index (χ3v) is 2.62. The summed E-state index contributed by atoms with van der Waals surface area (Å²) in [5.41, 5.74) is 8.25. The largest absolute Gasteiger partial charge is 0.480 e. The molecule has 2 aromatic heterocycles. The Balaban J connectivity index is 2.42. The molecule has 0 aliphatic heterocycles. The maximum absolute atomic E-state index is 10.7. The Hall–Kier alpha value is -1.88. The fourth-order valence-electron chi connectivity index (χ4n) is 1.79. The maximum Gasteiger partial charge on any atom is 0.320 e. The van der Waals surface area contributed by atoms with E-state index in [4.69, 9.17) is 10.8 Å². The number of aryl methyl sites for hydroxylation is 1. The number of carboxylic acid groups (broad SMARTS) is 1. The second-order valence-electron chi connectivity index (χ2n) is 3.81. The van der Waals surface area contributed by atoms with Gasteiger partial charge in [-0.05, 0) is 24.1 Å². The molecule has 2 heterocycles. The molecule has 0 bridgehead atoms. The number of nitrogens with zero attached hydrogens (tertiary/aromatic N) is 1. The van der Waals surface area contributed by atoms with Gasteiger partial charge in [-0.1, -0.05) is 0 Å². The van der Waals surface area contributed by atoms with Crippen LogP contribution in [-0.4, -0.2) is 27.1 Å². The molecule has 5 nitrogen and oxygen atoms in total. The Bertz CT molecular complexity index is 533. The molecule has 0 saturated carbocycles. The number of aromatic nitrogens is 2. The molecule has 0 aliphatic carbocycles. The number of nitrogens with one attached hydrogen (secondary N) is 1. The van der Waals surface area contributed by atoms with E-state index in [1.165, 1.54) is 0 Å². The standard InChI is InChI=1S/C11H13N3O2/c1-6-2-3-13-10-9(6)7(5-14-10)4-8(12)11(15)16/h2-3,5,8H,4,12H2,1H3,(H,13,14)(H,15,16)/t8-/m0/s1. The lowest BCUT2D eigenvalue weighted by Gasteiger charge is -2.05. The van der Waals surface area contributed by atoms with Crippen LogP contribution in [0.4, 0.5) is 0 Å². The molecule has 1 atom stereocenters. The summed E-state index contributed by atoms with van der Waals surface area (Å²) in [5, 5.41) is 9.74. The molecular formula is C11H13N3O2. The lowest BCUT2D eigenvalue weighted by molar-refractivity contribution is -0.138. The van der Waals surface area contributed by atoms with Crippen LogP contribution < -0.4 is 5.73 Å². The molecule has 0 aromatic carbocycles. The van der Waals surface area contributed by atoms with Gasteiger partial charge in [0.15, 0.2) is 0 Å². The zero-order valence-corrected chi connectivity index (χ0v) is 8.90. The molecule has 16 heavy (non-hydrogen) atoms. The fourth-order valence-corrected chi connectivity index (χ4v) is 1.79. The Kier molecular flexibility index (Phi) is 2.62. The summed E-state index contributed by atoms with van der Waals surface area (Å²) in [5.74, 6) is -0.990. The van der Waals surface area contributed by atoms with E-state index in [1.54, 1.807) is 12.4 Å². The van der Waals surface area contributed by atoms with Crippen molar-refractivity contribution < 1.29 is 9.90 Å². The van der Waals surface area contributed by atoms with Crippen LogP contribution in [0, 0.1) is 6.92 Å². The van der Waals surface area contributed by atoms with Crippen LogP contribution >= 0.6 is 0 Å². The Morgan fingerprint density at radius 2 is 2.44 bits per heavy atom. The monoisotopic (exact) mass is 219 g/mol. The van der Waals surface area contributed by atoms with Gasteiger partial charge in [-0.25, -0.2) is 4.98 Å². The van der Waals surface area contributed by atoms with Crippen LogP contribution in [0.3, 0.4) is 0 Å². The number of hydrogen-bond donors (Lipinski definition) is 3. The highest BCUT2D eigenvalue weighted by Crippen LogP contribution is 2.21. The third-order valence-electron chi connectivity index (χ3n) is 2.62. The van der Waals surface area contributed by atoms with Crippen LogP contribution in [0.15, 0.2) is 18.5 Å². The summed E-state index contributed by atoms with van der Waals surface area (Å²) >= 11 is 0. The van der Waals surface area contributed by atoms with Crippen molar-refractivity contribution in [3.05, 3.63) is 29.6 Å². The van der Waals surface area contributed by atoms with Crippen molar-refractivity contribution in [2.45, 2.75) is 19.4 Å². The number of nitrogens with two attached hydrogens (primary N) is 1. The number of carboxylic acids is 1. The molecule has 0 aliphatic rings. The van der Waals surface area contributed by atoms with Crippen molar-refractivity contribution in [2.75, 3.05) is 0 Å². The average molecular weight is 219 g/mol. The van der Waals surface area contributed by atoms with E-state index in [2.05, 4.69) is 9.97 Å². The van der Waals surface area contributed by atoms with Crippen molar-refractivity contribution in [3.63, 3.8) is 0 Å². The zero-order valence-electron chi connectivity index (χ0n) is 8.90. The van der Waals surface area contributed by atoms with Crippen molar-refractivity contribution in [1.82, 2.24) is 9.97 Å². The lowest BCUT2D eigenvalue weighted by atomic mass is 10.0. The van der Waals surface area contributed by atoms with Crippen molar-refractivity contribution >= 4 is 17.0 Å². The van der Waals surface area contributed by atoms with Gasteiger partial charge in [0.05, 0.1) is 0 Å². The van der Waals surface area contributed by atoms with Crippen LogP contribution in [0.1, 0.15) is 11.1 Å². The van der Waals surface area contributed by atoms with Gasteiger partial charge in [0.1, 0.15) is 11.7 Å². The summed E-state index contributed by atoms with van der Waals surface area (Å²) in [6.45, 7) is 1.97. The highest BCUT2D eigenvalue weighted by atomic mass is 16.4. The van der Waals surface area contributed by atoms with E-state index < -0.39 is 12.0 Å². The first-order valence-corrected chi connectivity index (χ1v) is 4.99. The first-order chi connectivity index (χ1) is 7.59. The van der Waals surface area contributed by atoms with E-state index in [1.807, 2.05) is 13.0 Å². The Morgan fingerprint density at radius 3 is 3.12 bits per heavy atom. The number of carbonyl (C=O) groups is 1. The van der Waals surface area contributed by atoms with Crippen molar-refractivity contribution in [3.8, 4) is 0 Å². The third kappa shape index (κ3) is 1.77. The normalized spacial score (nSPS) is 12.9. The maximum atomic E-state index is 10.7. The van der Waals surface area contributed by atoms with Gasteiger partial charge >= 0.3 is 5.97 Å². The van der Waals surface area contributed by atoms with Crippen LogP contribution in [0.2, 0.25) is 0 Å². The second-order valence-corrected chi connectivity index (χ2v) is 3.81. The van der Waals surface area contributed by atoms with E-state index in [-0.39, 0.29) is 0 Å². The number of aliphatic carboxylic acids is 1. The van der Waals surface area contributed by atoms with Gasteiger partial charge in [-0.15, -0.1) is 0 Å². The topological polar surface area (TPSA) is 92.0 Å². The molecule has 0 fully saturated rings. The van der Waals surface area contributed by atoms with E-state index >= 15 is 0 Å². The summed E-state index contributed by atoms with van der Waals surface area (Å²) in [7, 11) is 0. The molecule has 2 rings (SSSR count). The molecule has 0 amide bonds. The van der Waals surface area contributed by atoms with Gasteiger partial charge in [0.25, 0.3) is 0 Å². The van der Waals surface area contributed by atoms with Gasteiger partial charge in [0, 0.05) is 24.2 Å². The molecule has 0 unspecified atom stereocenters. The molecule has 0 saturated heterocycles. The summed E-state index contributed by atoms with van der Waals surface area (Å²) in [6, 6.07) is 1.02. The minimum Gasteiger partial charge on any atom is -0.480 e. The van der Waals surface area contributed by atoms with Gasteiger partial charge in [-0.3, -0.25) is 4.79 Å². The highest BCUT2D eigenvalue weighted by molar-refractivity contribution is 5.84. The molecule has 0 radical (unpaired) electrons. The smallest absolute Gasteiger partial charge is 0.320 e. The molecular weight excluding hydrogens is 206 g/mol. The molecule has 4 N–H and O–H groups in total. The minimum absolute atomic E-state index is 0.307. The molecule has 2 aromatic rings. The first kappa shape index (κ1) is 10.6. The zero-order chi connectivity index (χ0) is 11.7. The number of pyridine rings is 1. The SMILES string of the molecule is Cc1ccnc2[nH]cc(C[C@H](N)C(=O)O)c12. The summed E-state index contributed by atoms with van der Waals surface area (Å²) < 4.78 is 0. The molecule has 84 valence electrons. The van der Waals surface area contributed by atoms with Gasteiger partial charge < -0.3 is 15.8 Å². The van der Waals surface area contributed by atoms with Crippen molar-refractivity contribution in [1.29, 1.82) is 0 Å². The average Bonchev–Trinajstić information content (AvgIpc) is 2.63. The van der Waals surface area contributed by atoms with E-state index in [9.17, 15) is 4.79 Å². The minimum atomic E-state index is -0.990. The predicted molar refractivity (Wildman–Crippen MR) is 60.1 cm³/mol. The van der Waals surface area contributed by atoms with Crippen molar-refractivity contribution in [2.24, 2.45) is 5.73 Å². The summed E-state index contributed by atoms with van der Waals surface area (Å²) in [4.78, 5) is 17.9. The molecule has 5 heteroatoms. The van der Waals surface area contributed by atoms with Gasteiger partial charge in [0.2, 0.25) is 0 Å². The van der Waals surface area contributed by atoms with E-state index in [0.717, 1.165) is 22.2 Å². The van der Waals surface area contributed by atoms with Gasteiger partial charge in [-0.2, -0.15) is 0 Å². The number of rotatable bonds is 3. The van der Waals surface area contributed by atoms with Crippen LogP contribution in [-0.2, 0) is 11.2 Å².